The average molecular weight is 306 g/mol. The Kier molecular flexibility index (Phi) is 5.63. The first-order chi connectivity index (χ1) is 10.6. The van der Waals surface area contributed by atoms with Gasteiger partial charge in [-0.15, -0.1) is 0 Å². The molecule has 1 fully saturated rings. The van der Waals surface area contributed by atoms with E-state index in [0.717, 1.165) is 24.2 Å². The third-order valence-electron chi connectivity index (χ3n) is 3.82. The number of piperidine rings is 1. The van der Waals surface area contributed by atoms with Crippen LogP contribution in [0.2, 0.25) is 0 Å². The molecule has 0 spiro atoms. The van der Waals surface area contributed by atoms with Crippen molar-refractivity contribution in [1.29, 1.82) is 0 Å². The first-order valence-electron chi connectivity index (χ1n) is 7.37. The highest BCUT2D eigenvalue weighted by Gasteiger charge is 2.24. The molecule has 0 aromatic heterocycles. The van der Waals surface area contributed by atoms with Gasteiger partial charge in [-0.2, -0.15) is 0 Å². The van der Waals surface area contributed by atoms with Gasteiger partial charge in [-0.1, -0.05) is 12.1 Å². The lowest BCUT2D eigenvalue weighted by Gasteiger charge is -2.31. The number of amides is 2. The normalized spacial score (nSPS) is 15.3. The quantitative estimate of drug-likeness (QED) is 0.917. The van der Waals surface area contributed by atoms with E-state index in [1.807, 2.05) is 24.3 Å². The van der Waals surface area contributed by atoms with E-state index in [2.05, 4.69) is 5.32 Å². The fourth-order valence-electron chi connectivity index (χ4n) is 2.54. The standard InChI is InChI=1S/C16H22N2O4/c1-21-14-5-3-12(4-6-14)11-15(19)17-13-7-9-18(10-8-13)16(20)22-2/h3-6,13H,7-11H2,1-2H3,(H,17,19). The van der Waals surface area contributed by atoms with Crippen molar-refractivity contribution in [3.8, 4) is 5.75 Å². The van der Waals surface area contributed by atoms with Gasteiger partial charge in [0.05, 0.1) is 20.6 Å². The Hall–Kier alpha value is -2.24. The molecule has 22 heavy (non-hydrogen) atoms. The van der Waals surface area contributed by atoms with Crippen LogP contribution >= 0.6 is 0 Å². The van der Waals surface area contributed by atoms with Gasteiger partial charge in [0.2, 0.25) is 5.91 Å². The number of hydrogen-bond donors (Lipinski definition) is 1. The molecule has 0 radical (unpaired) electrons. The summed E-state index contributed by atoms with van der Waals surface area (Å²) in [5.41, 5.74) is 0.949. The van der Waals surface area contributed by atoms with Crippen molar-refractivity contribution in [2.75, 3.05) is 27.3 Å². The fourth-order valence-corrected chi connectivity index (χ4v) is 2.54. The van der Waals surface area contributed by atoms with Gasteiger partial charge in [-0.05, 0) is 30.5 Å². The van der Waals surface area contributed by atoms with Crippen molar-refractivity contribution in [1.82, 2.24) is 10.2 Å². The molecule has 0 atom stereocenters. The lowest BCUT2D eigenvalue weighted by atomic mass is 10.0. The van der Waals surface area contributed by atoms with E-state index < -0.39 is 0 Å². The predicted octanol–water partition coefficient (Wildman–Crippen LogP) is 1.58. The number of rotatable bonds is 4. The van der Waals surface area contributed by atoms with E-state index in [4.69, 9.17) is 9.47 Å². The number of benzene rings is 1. The first kappa shape index (κ1) is 16.1. The van der Waals surface area contributed by atoms with Gasteiger partial charge in [-0.25, -0.2) is 4.79 Å². The molecule has 1 aliphatic heterocycles. The molecule has 1 aromatic rings. The van der Waals surface area contributed by atoms with E-state index in [1.54, 1.807) is 12.0 Å². The third kappa shape index (κ3) is 4.38. The number of ether oxygens (including phenoxy) is 2. The molecule has 2 amide bonds. The minimum absolute atomic E-state index is 0.00156. The van der Waals surface area contributed by atoms with E-state index in [-0.39, 0.29) is 18.0 Å². The summed E-state index contributed by atoms with van der Waals surface area (Å²) in [5.74, 6) is 0.779. The lowest BCUT2D eigenvalue weighted by molar-refractivity contribution is -0.121. The lowest BCUT2D eigenvalue weighted by Crippen LogP contribution is -2.46. The van der Waals surface area contributed by atoms with Crippen LogP contribution in [0.3, 0.4) is 0 Å². The Morgan fingerprint density at radius 2 is 1.82 bits per heavy atom. The van der Waals surface area contributed by atoms with Crippen LogP contribution in [0, 0.1) is 0 Å². The molecule has 1 aliphatic rings. The van der Waals surface area contributed by atoms with Crippen molar-refractivity contribution < 1.29 is 19.1 Å². The maximum absolute atomic E-state index is 12.1. The number of carbonyl (C=O) groups is 2. The second-order valence-corrected chi connectivity index (χ2v) is 5.32. The molecule has 1 N–H and O–H groups in total. The highest BCUT2D eigenvalue weighted by molar-refractivity contribution is 5.79. The van der Waals surface area contributed by atoms with Crippen LogP contribution in [-0.4, -0.2) is 50.3 Å². The van der Waals surface area contributed by atoms with Crippen LogP contribution in [-0.2, 0) is 16.0 Å². The number of nitrogens with one attached hydrogen (secondary N) is 1. The topological polar surface area (TPSA) is 67.9 Å². The predicted molar refractivity (Wildman–Crippen MR) is 81.8 cm³/mol. The molecule has 6 heteroatoms. The molecule has 1 aromatic carbocycles. The Morgan fingerprint density at radius 3 is 2.36 bits per heavy atom. The third-order valence-corrected chi connectivity index (χ3v) is 3.82. The van der Waals surface area contributed by atoms with Crippen LogP contribution in [0.1, 0.15) is 18.4 Å². The molecule has 0 bridgehead atoms. The first-order valence-corrected chi connectivity index (χ1v) is 7.37. The zero-order valence-electron chi connectivity index (χ0n) is 13.0. The summed E-state index contributed by atoms with van der Waals surface area (Å²) < 4.78 is 9.78. The minimum Gasteiger partial charge on any atom is -0.497 e. The van der Waals surface area contributed by atoms with Gasteiger partial charge in [-0.3, -0.25) is 4.79 Å². The van der Waals surface area contributed by atoms with Crippen molar-refractivity contribution in [3.05, 3.63) is 29.8 Å². The molecule has 120 valence electrons. The maximum Gasteiger partial charge on any atom is 0.409 e. The molecule has 1 saturated heterocycles. The van der Waals surface area contributed by atoms with Gasteiger partial charge in [0.15, 0.2) is 0 Å². The zero-order valence-corrected chi connectivity index (χ0v) is 13.0. The van der Waals surface area contributed by atoms with Crippen LogP contribution in [0.15, 0.2) is 24.3 Å². The summed E-state index contributed by atoms with van der Waals surface area (Å²) in [6, 6.07) is 7.58. The van der Waals surface area contributed by atoms with E-state index in [0.29, 0.717) is 19.5 Å². The molecular formula is C16H22N2O4. The monoisotopic (exact) mass is 306 g/mol. The number of carbonyl (C=O) groups excluding carboxylic acids is 2. The largest absolute Gasteiger partial charge is 0.497 e. The SMILES string of the molecule is COC(=O)N1CCC(NC(=O)Cc2ccc(OC)cc2)CC1. The smallest absolute Gasteiger partial charge is 0.409 e. The van der Waals surface area contributed by atoms with Gasteiger partial charge >= 0.3 is 6.09 Å². The Balaban J connectivity index is 1.77. The minimum atomic E-state index is -0.303. The summed E-state index contributed by atoms with van der Waals surface area (Å²) in [6.45, 7) is 1.22. The van der Waals surface area contributed by atoms with Crippen molar-refractivity contribution in [3.63, 3.8) is 0 Å². The fraction of sp³-hybridized carbons (Fsp3) is 0.500. The van der Waals surface area contributed by atoms with Gasteiger partial charge in [0.25, 0.3) is 0 Å². The number of nitrogens with zero attached hydrogens (tertiary/aromatic N) is 1. The van der Waals surface area contributed by atoms with Crippen LogP contribution in [0.25, 0.3) is 0 Å². The molecule has 6 nitrogen and oxygen atoms in total. The maximum atomic E-state index is 12.1. The average Bonchev–Trinajstić information content (AvgIpc) is 2.55. The molecule has 0 saturated carbocycles. The van der Waals surface area contributed by atoms with Crippen LogP contribution in [0.5, 0.6) is 5.75 Å². The molecular weight excluding hydrogens is 284 g/mol. The zero-order chi connectivity index (χ0) is 15.9. The van der Waals surface area contributed by atoms with Crippen molar-refractivity contribution in [2.45, 2.75) is 25.3 Å². The van der Waals surface area contributed by atoms with E-state index in [9.17, 15) is 9.59 Å². The van der Waals surface area contributed by atoms with Crippen LogP contribution in [0.4, 0.5) is 4.79 Å². The van der Waals surface area contributed by atoms with E-state index in [1.165, 1.54) is 7.11 Å². The Labute approximate surface area is 130 Å². The van der Waals surface area contributed by atoms with Crippen molar-refractivity contribution in [2.24, 2.45) is 0 Å². The molecule has 0 unspecified atom stereocenters. The van der Waals surface area contributed by atoms with Gasteiger partial charge in [0, 0.05) is 19.1 Å². The second-order valence-electron chi connectivity index (χ2n) is 5.32. The van der Waals surface area contributed by atoms with Gasteiger partial charge < -0.3 is 19.7 Å². The van der Waals surface area contributed by atoms with Crippen molar-refractivity contribution >= 4 is 12.0 Å². The number of likely N-dealkylation sites (tertiary alicyclic amines) is 1. The summed E-state index contributed by atoms with van der Waals surface area (Å²) in [4.78, 5) is 25.1. The highest BCUT2D eigenvalue weighted by atomic mass is 16.5. The summed E-state index contributed by atoms with van der Waals surface area (Å²) in [5, 5.41) is 3.02. The van der Waals surface area contributed by atoms with E-state index >= 15 is 0 Å². The summed E-state index contributed by atoms with van der Waals surface area (Å²) >= 11 is 0. The number of hydrogen-bond acceptors (Lipinski definition) is 4. The van der Waals surface area contributed by atoms with Crippen LogP contribution < -0.4 is 10.1 Å². The molecule has 2 rings (SSSR count). The summed E-state index contributed by atoms with van der Waals surface area (Å²) in [6.07, 6.45) is 1.55. The highest BCUT2D eigenvalue weighted by Crippen LogP contribution is 2.13. The molecule has 0 aliphatic carbocycles. The Morgan fingerprint density at radius 1 is 1.18 bits per heavy atom. The number of methoxy groups -OCH3 is 2. The molecule has 1 heterocycles. The van der Waals surface area contributed by atoms with Gasteiger partial charge in [0.1, 0.15) is 5.75 Å². The second kappa shape index (κ2) is 7.68. The summed E-state index contributed by atoms with van der Waals surface area (Å²) in [7, 11) is 2.99. The Bertz CT molecular complexity index is 507.